The molecule has 0 spiro atoms. The quantitative estimate of drug-likeness (QED) is 0.620. The van der Waals surface area contributed by atoms with Crippen LogP contribution in [-0.2, 0) is 9.59 Å². The van der Waals surface area contributed by atoms with E-state index in [0.717, 1.165) is 4.90 Å². The number of hydrogen-bond donors (Lipinski definition) is 3. The van der Waals surface area contributed by atoms with Gasteiger partial charge in [0.1, 0.15) is 11.8 Å². The number of nitrogens with one attached hydrogen (secondary N) is 1. The lowest BCUT2D eigenvalue weighted by molar-refractivity contribution is -0.140. The first-order chi connectivity index (χ1) is 10.4. The van der Waals surface area contributed by atoms with E-state index in [1.807, 2.05) is 6.26 Å². The summed E-state index contributed by atoms with van der Waals surface area (Å²) in [5.74, 6) is -2.70. The Morgan fingerprint density at radius 3 is 2.50 bits per heavy atom. The molecule has 0 saturated carbocycles. The van der Waals surface area contributed by atoms with Gasteiger partial charge in [-0.25, -0.2) is 4.79 Å². The molecule has 0 aliphatic heterocycles. The van der Waals surface area contributed by atoms with Crippen LogP contribution in [0.3, 0.4) is 0 Å². The first-order valence-corrected chi connectivity index (χ1v) is 7.59. The topological polar surface area (TPSA) is 113 Å². The second kappa shape index (κ2) is 8.28. The maximum Gasteiger partial charge on any atom is 0.326 e. The van der Waals surface area contributed by atoms with Gasteiger partial charge in [0.15, 0.2) is 0 Å². The van der Waals surface area contributed by atoms with Crippen LogP contribution in [0.5, 0.6) is 5.75 Å². The van der Waals surface area contributed by atoms with Crippen LogP contribution in [0.2, 0.25) is 0 Å². The van der Waals surface area contributed by atoms with Crippen molar-refractivity contribution in [3.05, 3.63) is 23.8 Å². The fourth-order valence-corrected chi connectivity index (χ4v) is 2.18. The predicted molar refractivity (Wildman–Crippen MR) is 80.5 cm³/mol. The number of carbonyl (C=O) groups excluding carboxylic acids is 1. The van der Waals surface area contributed by atoms with Crippen LogP contribution >= 0.6 is 11.8 Å². The maximum atomic E-state index is 12.2. The van der Waals surface area contributed by atoms with E-state index in [-0.39, 0.29) is 18.4 Å². The van der Waals surface area contributed by atoms with Gasteiger partial charge in [-0.1, -0.05) is 0 Å². The number of thioether (sulfide) groups is 1. The molecule has 0 aromatic heterocycles. The van der Waals surface area contributed by atoms with Crippen molar-refractivity contribution in [1.29, 1.82) is 0 Å². The highest BCUT2D eigenvalue weighted by molar-refractivity contribution is 7.98. The number of rotatable bonds is 8. The Morgan fingerprint density at radius 1 is 1.32 bits per heavy atom. The van der Waals surface area contributed by atoms with Crippen LogP contribution in [-0.4, -0.2) is 47.5 Å². The number of methoxy groups -OCH3 is 1. The van der Waals surface area contributed by atoms with Crippen molar-refractivity contribution in [2.45, 2.75) is 23.8 Å². The molecule has 1 rings (SSSR count). The summed E-state index contributed by atoms with van der Waals surface area (Å²) < 4.78 is 5.13. The van der Waals surface area contributed by atoms with Crippen LogP contribution in [0.1, 0.15) is 23.2 Å². The Hall–Kier alpha value is -2.22. The first kappa shape index (κ1) is 17.8. The smallest absolute Gasteiger partial charge is 0.326 e. The molecule has 1 atom stereocenters. The molecule has 0 aliphatic rings. The molecule has 0 fully saturated rings. The van der Waals surface area contributed by atoms with E-state index in [1.165, 1.54) is 24.9 Å². The zero-order chi connectivity index (χ0) is 16.7. The highest BCUT2D eigenvalue weighted by atomic mass is 32.2. The van der Waals surface area contributed by atoms with Crippen LogP contribution in [0.4, 0.5) is 0 Å². The molecule has 1 aromatic rings. The molecule has 0 aliphatic carbocycles. The Kier molecular flexibility index (Phi) is 6.71. The molecule has 0 heterocycles. The van der Waals surface area contributed by atoms with Crippen molar-refractivity contribution in [2.75, 3.05) is 13.4 Å². The fraction of sp³-hybridized carbons (Fsp3) is 0.357. The standard InChI is InChI=1S/C14H17NO6S/c1-21-11-7-8(22-2)3-4-9(11)13(18)15-10(14(19)20)5-6-12(16)17/h3-4,7,10H,5-6H2,1-2H3,(H,15,18)(H,16,17)(H,19,20)/t10-/m1/s1. The lowest BCUT2D eigenvalue weighted by atomic mass is 10.1. The van der Waals surface area contributed by atoms with E-state index in [9.17, 15) is 14.4 Å². The Bertz CT molecular complexity index is 574. The average Bonchev–Trinajstić information content (AvgIpc) is 2.49. The summed E-state index contributed by atoms with van der Waals surface area (Å²) in [5, 5.41) is 20.0. The summed E-state index contributed by atoms with van der Waals surface area (Å²) >= 11 is 1.48. The molecule has 0 bridgehead atoms. The van der Waals surface area contributed by atoms with Crippen molar-refractivity contribution < 1.29 is 29.3 Å². The second-order valence-electron chi connectivity index (χ2n) is 4.36. The van der Waals surface area contributed by atoms with Crippen molar-refractivity contribution in [2.24, 2.45) is 0 Å². The minimum Gasteiger partial charge on any atom is -0.496 e. The van der Waals surface area contributed by atoms with Gasteiger partial charge in [-0.15, -0.1) is 11.8 Å². The summed E-state index contributed by atoms with van der Waals surface area (Å²) in [6.45, 7) is 0. The van der Waals surface area contributed by atoms with Gasteiger partial charge in [0, 0.05) is 11.3 Å². The van der Waals surface area contributed by atoms with E-state index >= 15 is 0 Å². The number of carbonyl (C=O) groups is 3. The summed E-state index contributed by atoms with van der Waals surface area (Å²) in [4.78, 5) is 34.7. The summed E-state index contributed by atoms with van der Waals surface area (Å²) in [6.07, 6.45) is 1.34. The second-order valence-corrected chi connectivity index (χ2v) is 5.24. The predicted octanol–water partition coefficient (Wildman–Crippen LogP) is 1.46. The molecule has 0 saturated heterocycles. The normalized spacial score (nSPS) is 11.5. The molecular weight excluding hydrogens is 310 g/mol. The van der Waals surface area contributed by atoms with Gasteiger partial charge in [0.05, 0.1) is 12.7 Å². The molecule has 8 heteroatoms. The Balaban J connectivity index is 2.89. The number of amides is 1. The summed E-state index contributed by atoms with van der Waals surface area (Å²) in [7, 11) is 1.41. The lowest BCUT2D eigenvalue weighted by Gasteiger charge is -2.15. The van der Waals surface area contributed by atoms with E-state index in [1.54, 1.807) is 12.1 Å². The number of aliphatic carboxylic acids is 2. The fourth-order valence-electron chi connectivity index (χ4n) is 1.75. The molecule has 7 nitrogen and oxygen atoms in total. The van der Waals surface area contributed by atoms with Gasteiger partial charge in [-0.3, -0.25) is 9.59 Å². The third-order valence-corrected chi connectivity index (χ3v) is 3.63. The lowest BCUT2D eigenvalue weighted by Crippen LogP contribution is -2.41. The molecule has 0 unspecified atom stereocenters. The Morgan fingerprint density at radius 2 is 2.00 bits per heavy atom. The average molecular weight is 327 g/mol. The number of carboxylic acids is 2. The van der Waals surface area contributed by atoms with Crippen molar-refractivity contribution >= 4 is 29.6 Å². The van der Waals surface area contributed by atoms with Gasteiger partial charge in [0.2, 0.25) is 0 Å². The van der Waals surface area contributed by atoms with Gasteiger partial charge in [-0.05, 0) is 30.9 Å². The van der Waals surface area contributed by atoms with Gasteiger partial charge < -0.3 is 20.3 Å². The number of ether oxygens (including phenoxy) is 1. The minimum absolute atomic E-state index is 0.193. The van der Waals surface area contributed by atoms with Crippen LogP contribution in [0.15, 0.2) is 23.1 Å². The Labute approximate surface area is 131 Å². The molecule has 0 radical (unpaired) electrons. The van der Waals surface area contributed by atoms with Crippen molar-refractivity contribution in [3.63, 3.8) is 0 Å². The molecular formula is C14H17NO6S. The number of hydrogen-bond acceptors (Lipinski definition) is 5. The minimum atomic E-state index is -1.28. The van der Waals surface area contributed by atoms with Gasteiger partial charge in [0.25, 0.3) is 5.91 Å². The molecule has 22 heavy (non-hydrogen) atoms. The zero-order valence-corrected chi connectivity index (χ0v) is 13.0. The van der Waals surface area contributed by atoms with E-state index in [4.69, 9.17) is 14.9 Å². The van der Waals surface area contributed by atoms with Crippen LogP contribution < -0.4 is 10.1 Å². The monoisotopic (exact) mass is 327 g/mol. The first-order valence-electron chi connectivity index (χ1n) is 6.36. The number of benzene rings is 1. The number of carboxylic acid groups (broad SMARTS) is 2. The zero-order valence-electron chi connectivity index (χ0n) is 12.2. The SMILES string of the molecule is COc1cc(SC)ccc1C(=O)N[C@H](CCC(=O)O)C(=O)O. The molecule has 120 valence electrons. The maximum absolute atomic E-state index is 12.2. The van der Waals surface area contributed by atoms with Crippen LogP contribution in [0, 0.1) is 0 Å². The van der Waals surface area contributed by atoms with Gasteiger partial charge >= 0.3 is 11.9 Å². The third-order valence-electron chi connectivity index (χ3n) is 2.90. The van der Waals surface area contributed by atoms with E-state index in [2.05, 4.69) is 5.32 Å². The highest BCUT2D eigenvalue weighted by Gasteiger charge is 2.23. The highest BCUT2D eigenvalue weighted by Crippen LogP contribution is 2.25. The van der Waals surface area contributed by atoms with Crippen molar-refractivity contribution in [1.82, 2.24) is 5.32 Å². The molecule has 1 amide bonds. The van der Waals surface area contributed by atoms with E-state index in [0.29, 0.717) is 5.75 Å². The largest absolute Gasteiger partial charge is 0.496 e. The van der Waals surface area contributed by atoms with Crippen molar-refractivity contribution in [3.8, 4) is 5.75 Å². The van der Waals surface area contributed by atoms with Crippen LogP contribution in [0.25, 0.3) is 0 Å². The van der Waals surface area contributed by atoms with E-state index < -0.39 is 23.9 Å². The third kappa shape index (κ3) is 4.96. The molecule has 3 N–H and O–H groups in total. The summed E-state index contributed by atoms with van der Waals surface area (Å²) in [6, 6.07) is 3.66. The summed E-state index contributed by atoms with van der Waals surface area (Å²) in [5.41, 5.74) is 0.196. The van der Waals surface area contributed by atoms with Gasteiger partial charge in [-0.2, -0.15) is 0 Å². The molecule has 1 aromatic carbocycles.